The van der Waals surface area contributed by atoms with Gasteiger partial charge in [0.05, 0.1) is 22.7 Å². The van der Waals surface area contributed by atoms with Crippen LogP contribution >= 0.6 is 35.1 Å². The molecule has 21 heavy (non-hydrogen) atoms. The first kappa shape index (κ1) is 16.2. The van der Waals surface area contributed by atoms with E-state index in [1.807, 2.05) is 42.7 Å². The van der Waals surface area contributed by atoms with E-state index in [-0.39, 0.29) is 5.91 Å². The van der Waals surface area contributed by atoms with Crippen molar-refractivity contribution in [2.75, 3.05) is 17.3 Å². The molecule has 0 aliphatic heterocycles. The molecule has 0 saturated heterocycles. The summed E-state index contributed by atoms with van der Waals surface area (Å²) in [5, 5.41) is 4.49. The Kier molecular flexibility index (Phi) is 6.42. The second-order valence-electron chi connectivity index (χ2n) is 4.26. The summed E-state index contributed by atoms with van der Waals surface area (Å²) in [5.41, 5.74) is 1.84. The third kappa shape index (κ3) is 5.61. The maximum Gasteiger partial charge on any atom is 0.234 e. The topological polar surface area (TPSA) is 42.0 Å². The van der Waals surface area contributed by atoms with E-state index in [2.05, 4.69) is 10.3 Å². The molecule has 0 atom stereocenters. The molecule has 0 saturated carbocycles. The van der Waals surface area contributed by atoms with Crippen molar-refractivity contribution in [3.63, 3.8) is 0 Å². The van der Waals surface area contributed by atoms with Crippen molar-refractivity contribution >= 4 is 46.7 Å². The van der Waals surface area contributed by atoms with E-state index in [0.29, 0.717) is 5.75 Å². The van der Waals surface area contributed by atoms with Crippen LogP contribution in [0.3, 0.4) is 0 Å². The number of amides is 1. The number of hydrogen-bond acceptors (Lipinski definition) is 4. The molecule has 0 fully saturated rings. The smallest absolute Gasteiger partial charge is 0.234 e. The van der Waals surface area contributed by atoms with E-state index in [0.717, 1.165) is 27.1 Å². The fourth-order valence-corrected chi connectivity index (χ4v) is 3.01. The van der Waals surface area contributed by atoms with Gasteiger partial charge in [-0.1, -0.05) is 23.7 Å². The van der Waals surface area contributed by atoms with Gasteiger partial charge < -0.3 is 5.32 Å². The van der Waals surface area contributed by atoms with Gasteiger partial charge in [-0.3, -0.25) is 4.79 Å². The largest absolute Gasteiger partial charge is 0.324 e. The molecule has 1 heterocycles. The van der Waals surface area contributed by atoms with Gasteiger partial charge in [0.1, 0.15) is 0 Å². The maximum absolute atomic E-state index is 11.8. The number of nitrogens with zero attached hydrogens (tertiary/aromatic N) is 1. The van der Waals surface area contributed by atoms with Crippen molar-refractivity contribution in [3.05, 3.63) is 53.2 Å². The molecule has 0 radical (unpaired) electrons. The number of anilines is 1. The first-order chi connectivity index (χ1) is 10.2. The van der Waals surface area contributed by atoms with Crippen molar-refractivity contribution in [1.29, 1.82) is 0 Å². The van der Waals surface area contributed by atoms with Crippen LogP contribution in [0.4, 0.5) is 5.69 Å². The van der Waals surface area contributed by atoms with Crippen molar-refractivity contribution in [2.45, 2.75) is 10.8 Å². The number of halogens is 1. The molecular weight excluding hydrogens is 324 g/mol. The molecule has 2 aromatic rings. The van der Waals surface area contributed by atoms with Gasteiger partial charge in [0.15, 0.2) is 0 Å². The number of pyridine rings is 1. The average molecular weight is 339 g/mol. The second kappa shape index (κ2) is 8.32. The molecule has 1 aromatic carbocycles. The molecule has 2 rings (SSSR count). The summed E-state index contributed by atoms with van der Waals surface area (Å²) in [6, 6.07) is 11.4. The number of carbonyl (C=O) groups excluding carboxylic acids is 1. The lowest BCUT2D eigenvalue weighted by molar-refractivity contribution is -0.113. The van der Waals surface area contributed by atoms with Crippen LogP contribution in [-0.2, 0) is 10.5 Å². The van der Waals surface area contributed by atoms with Gasteiger partial charge in [0.25, 0.3) is 0 Å². The van der Waals surface area contributed by atoms with Crippen molar-refractivity contribution in [2.24, 2.45) is 0 Å². The lowest BCUT2D eigenvalue weighted by Gasteiger charge is -2.05. The van der Waals surface area contributed by atoms with Crippen LogP contribution in [0.25, 0.3) is 0 Å². The highest BCUT2D eigenvalue weighted by Crippen LogP contribution is 2.17. The number of thioether (sulfide) groups is 2. The molecule has 6 heteroatoms. The molecular formula is C15H15ClN2OS2. The molecule has 0 spiro atoms. The molecule has 110 valence electrons. The fourth-order valence-electron chi connectivity index (χ4n) is 1.66. The van der Waals surface area contributed by atoms with Gasteiger partial charge >= 0.3 is 0 Å². The van der Waals surface area contributed by atoms with Crippen molar-refractivity contribution in [3.8, 4) is 0 Å². The van der Waals surface area contributed by atoms with E-state index < -0.39 is 0 Å². The highest BCUT2D eigenvalue weighted by atomic mass is 35.5. The number of benzene rings is 1. The maximum atomic E-state index is 11.8. The molecule has 3 nitrogen and oxygen atoms in total. The van der Waals surface area contributed by atoms with Gasteiger partial charge in [-0.25, -0.2) is 4.98 Å². The minimum atomic E-state index is -0.0271. The van der Waals surface area contributed by atoms with Crippen LogP contribution in [0.2, 0.25) is 5.02 Å². The summed E-state index contributed by atoms with van der Waals surface area (Å²) in [4.78, 5) is 16.0. The van der Waals surface area contributed by atoms with Crippen LogP contribution in [0.1, 0.15) is 5.56 Å². The van der Waals surface area contributed by atoms with E-state index in [4.69, 9.17) is 11.6 Å². The minimum Gasteiger partial charge on any atom is -0.324 e. The van der Waals surface area contributed by atoms with Crippen LogP contribution in [0.15, 0.2) is 47.6 Å². The number of nitrogens with one attached hydrogen (secondary N) is 1. The Bertz CT molecular complexity index is 605. The highest BCUT2D eigenvalue weighted by Gasteiger charge is 2.04. The van der Waals surface area contributed by atoms with Gasteiger partial charge in [-0.05, 0) is 36.1 Å². The summed E-state index contributed by atoms with van der Waals surface area (Å²) < 4.78 is 0. The Morgan fingerprint density at radius 1 is 1.33 bits per heavy atom. The van der Waals surface area contributed by atoms with Crippen molar-refractivity contribution in [1.82, 2.24) is 4.98 Å². The zero-order chi connectivity index (χ0) is 15.1. The van der Waals surface area contributed by atoms with E-state index in [1.165, 1.54) is 0 Å². The minimum absolute atomic E-state index is 0.0271. The number of carbonyl (C=O) groups is 1. The highest BCUT2D eigenvalue weighted by molar-refractivity contribution is 7.99. The van der Waals surface area contributed by atoms with Crippen LogP contribution in [-0.4, -0.2) is 22.9 Å². The quantitative estimate of drug-likeness (QED) is 0.796. The lowest BCUT2D eigenvalue weighted by Crippen LogP contribution is -2.14. The first-order valence-electron chi connectivity index (χ1n) is 6.29. The summed E-state index contributed by atoms with van der Waals surface area (Å²) in [5.74, 6) is 1.13. The van der Waals surface area contributed by atoms with Gasteiger partial charge in [0.2, 0.25) is 5.91 Å². The summed E-state index contributed by atoms with van der Waals surface area (Å²) in [7, 11) is 0. The Morgan fingerprint density at radius 3 is 2.86 bits per heavy atom. The van der Waals surface area contributed by atoms with Crippen LogP contribution in [0.5, 0.6) is 0 Å². The Balaban J connectivity index is 1.76. The van der Waals surface area contributed by atoms with Crippen LogP contribution < -0.4 is 5.32 Å². The first-order valence-corrected chi connectivity index (χ1v) is 9.05. The number of aromatic nitrogens is 1. The average Bonchev–Trinajstić information content (AvgIpc) is 2.48. The molecule has 0 bridgehead atoms. The van der Waals surface area contributed by atoms with Gasteiger partial charge in [0, 0.05) is 10.8 Å². The number of hydrogen-bond donors (Lipinski definition) is 1. The molecule has 0 aliphatic rings. The van der Waals surface area contributed by atoms with Gasteiger partial charge in [-0.15, -0.1) is 23.5 Å². The molecule has 1 N–H and O–H groups in total. The molecule has 0 aliphatic carbocycles. The van der Waals surface area contributed by atoms with E-state index in [9.17, 15) is 4.79 Å². The monoisotopic (exact) mass is 338 g/mol. The molecule has 1 aromatic heterocycles. The second-order valence-corrected chi connectivity index (χ2v) is 6.51. The number of rotatable bonds is 6. The van der Waals surface area contributed by atoms with Gasteiger partial charge in [-0.2, -0.15) is 0 Å². The standard InChI is InChI=1S/C15H15ClN2OS2/c1-20-15-6-5-13(8-17-15)18-14(19)10-21-9-11-3-2-4-12(16)7-11/h2-8H,9-10H2,1H3,(H,18,19). The van der Waals surface area contributed by atoms with Crippen molar-refractivity contribution < 1.29 is 4.79 Å². The predicted molar refractivity (Wildman–Crippen MR) is 92.3 cm³/mol. The molecule has 0 unspecified atom stereocenters. The third-order valence-electron chi connectivity index (χ3n) is 2.62. The van der Waals surface area contributed by atoms with E-state index >= 15 is 0 Å². The Labute approximate surface area is 137 Å². The van der Waals surface area contributed by atoms with E-state index in [1.54, 1.807) is 29.7 Å². The zero-order valence-corrected chi connectivity index (χ0v) is 13.9. The zero-order valence-electron chi connectivity index (χ0n) is 11.5. The molecule has 1 amide bonds. The normalized spacial score (nSPS) is 10.4. The fraction of sp³-hybridized carbons (Fsp3) is 0.200. The Morgan fingerprint density at radius 2 is 2.19 bits per heavy atom. The third-order valence-corrected chi connectivity index (χ3v) is 4.52. The SMILES string of the molecule is CSc1ccc(NC(=O)CSCc2cccc(Cl)c2)cn1. The lowest BCUT2D eigenvalue weighted by atomic mass is 10.2. The summed E-state index contributed by atoms with van der Waals surface area (Å²) >= 11 is 9.05. The predicted octanol–water partition coefficient (Wildman–Crippen LogP) is 4.33. The Hall–Kier alpha value is -1.17. The van der Waals surface area contributed by atoms with Crippen LogP contribution in [0, 0.1) is 0 Å². The summed E-state index contributed by atoms with van der Waals surface area (Å²) in [6.45, 7) is 0. The summed E-state index contributed by atoms with van der Waals surface area (Å²) in [6.07, 6.45) is 3.64.